The van der Waals surface area contributed by atoms with Gasteiger partial charge in [-0.15, -0.1) is 22.1 Å². The second-order valence-corrected chi connectivity index (χ2v) is 13.4. The van der Waals surface area contributed by atoms with Gasteiger partial charge >= 0.3 is 16.8 Å². The minimum Gasteiger partial charge on any atom is -0.657 e. The minimum absolute atomic E-state index is 0. The molecule has 0 amide bonds. The molecule has 2 aliphatic rings. The molecule has 2 aliphatic heterocycles. The molecule has 9 heterocycles. The number of pyridine rings is 4. The number of fused-ring (bicyclic) bond motifs is 8. The summed E-state index contributed by atoms with van der Waals surface area (Å²) in [7, 11) is 8.10. The number of hydrogen-bond acceptors (Lipinski definition) is 2. The maximum Gasteiger partial charge on any atom is 2.00 e. The van der Waals surface area contributed by atoms with Crippen LogP contribution >= 0.6 is 0 Å². The van der Waals surface area contributed by atoms with E-state index in [0.717, 1.165) is 89.4 Å². The van der Waals surface area contributed by atoms with E-state index in [0.29, 0.717) is 0 Å². The Morgan fingerprint density at radius 1 is 0.340 bits per heavy atom. The maximum absolute atomic E-state index is 5.35. The van der Waals surface area contributed by atoms with Crippen LogP contribution in [0.4, 0.5) is 0 Å². The van der Waals surface area contributed by atoms with Crippen LogP contribution in [0, 0.1) is 0 Å². The van der Waals surface area contributed by atoms with Gasteiger partial charge in [-0.25, -0.2) is 28.2 Å². The minimum atomic E-state index is 0. The Morgan fingerprint density at radius 3 is 0.755 bits per heavy atom. The van der Waals surface area contributed by atoms with Gasteiger partial charge in [-0.2, -0.15) is 0 Å². The van der Waals surface area contributed by atoms with Crippen molar-refractivity contribution in [2.75, 3.05) is 0 Å². The average Bonchev–Trinajstić information content (AvgIpc) is 3.99. The van der Waals surface area contributed by atoms with Crippen LogP contribution in [0.1, 0.15) is 22.8 Å². The van der Waals surface area contributed by atoms with E-state index < -0.39 is 0 Å². The van der Waals surface area contributed by atoms with E-state index in [1.165, 1.54) is 0 Å². The molecular formula is C44H36CoN8+4. The van der Waals surface area contributed by atoms with E-state index in [2.05, 4.69) is 147 Å². The molecule has 8 bridgehead atoms. The van der Waals surface area contributed by atoms with Crippen LogP contribution in [-0.4, -0.2) is 9.97 Å². The fourth-order valence-electron chi connectivity index (χ4n) is 6.94. The fourth-order valence-corrected chi connectivity index (χ4v) is 6.94. The molecule has 7 aromatic rings. The van der Waals surface area contributed by atoms with Crippen LogP contribution in [0.3, 0.4) is 0 Å². The molecule has 0 atom stereocenters. The van der Waals surface area contributed by atoms with Crippen molar-refractivity contribution >= 4 is 46.4 Å². The van der Waals surface area contributed by atoms with Crippen LogP contribution in [0.2, 0.25) is 0 Å². The second-order valence-electron chi connectivity index (χ2n) is 13.4. The van der Waals surface area contributed by atoms with Gasteiger partial charge in [-0.3, -0.25) is 0 Å². The van der Waals surface area contributed by atoms with Gasteiger partial charge < -0.3 is 9.97 Å². The molecule has 0 aliphatic carbocycles. The molecule has 0 fully saturated rings. The first-order valence-electron chi connectivity index (χ1n) is 17.3. The first-order chi connectivity index (χ1) is 25.4. The summed E-state index contributed by atoms with van der Waals surface area (Å²) in [6.45, 7) is 0. The summed E-state index contributed by atoms with van der Waals surface area (Å²) < 4.78 is 8.14. The Kier molecular flexibility index (Phi) is 8.73. The van der Waals surface area contributed by atoms with Crippen molar-refractivity contribution < 1.29 is 35.0 Å². The molecule has 9 rings (SSSR count). The van der Waals surface area contributed by atoms with Crippen LogP contribution < -0.4 is 28.2 Å². The Balaban J connectivity index is 0.00000400. The molecule has 0 saturated carbocycles. The molecule has 257 valence electrons. The van der Waals surface area contributed by atoms with Crippen molar-refractivity contribution in [2.45, 2.75) is 0 Å². The van der Waals surface area contributed by atoms with Crippen molar-refractivity contribution in [2.24, 2.45) is 28.2 Å². The van der Waals surface area contributed by atoms with Crippen LogP contribution in [0.25, 0.3) is 90.9 Å². The first kappa shape index (κ1) is 33.8. The molecule has 0 unspecified atom stereocenters. The van der Waals surface area contributed by atoms with E-state index in [1.54, 1.807) is 0 Å². The molecular weight excluding hydrogens is 699 g/mol. The molecule has 0 spiro atoms. The van der Waals surface area contributed by atoms with E-state index in [-0.39, 0.29) is 16.8 Å². The third kappa shape index (κ3) is 6.30. The molecule has 53 heavy (non-hydrogen) atoms. The van der Waals surface area contributed by atoms with Gasteiger partial charge in [0.05, 0.1) is 22.8 Å². The zero-order valence-electron chi connectivity index (χ0n) is 29.8. The van der Waals surface area contributed by atoms with Crippen LogP contribution in [0.5, 0.6) is 0 Å². The fraction of sp³-hybridized carbons (Fsp3) is 0.0909. The van der Waals surface area contributed by atoms with Gasteiger partial charge in [0.15, 0.2) is 49.6 Å². The van der Waals surface area contributed by atoms with E-state index in [1.807, 2.05) is 46.5 Å². The smallest absolute Gasteiger partial charge is 0.657 e. The molecule has 0 N–H and O–H groups in total. The van der Waals surface area contributed by atoms with Gasteiger partial charge in [-0.1, -0.05) is 24.3 Å². The van der Waals surface area contributed by atoms with Crippen molar-refractivity contribution in [3.63, 3.8) is 0 Å². The van der Waals surface area contributed by atoms with E-state index >= 15 is 0 Å². The van der Waals surface area contributed by atoms with Crippen molar-refractivity contribution in [1.82, 2.24) is 19.9 Å². The van der Waals surface area contributed by atoms with Crippen molar-refractivity contribution in [3.05, 3.63) is 145 Å². The summed E-state index contributed by atoms with van der Waals surface area (Å²) in [4.78, 5) is 21.4. The summed E-state index contributed by atoms with van der Waals surface area (Å²) in [5.74, 6) is 0. The average molecular weight is 736 g/mol. The van der Waals surface area contributed by atoms with E-state index in [9.17, 15) is 0 Å². The third-order valence-corrected chi connectivity index (χ3v) is 9.68. The summed E-state index contributed by atoms with van der Waals surface area (Å²) in [6.07, 6.45) is 24.9. The Morgan fingerprint density at radius 2 is 0.547 bits per heavy atom. The number of aryl methyl sites for hydroxylation is 4. The molecule has 7 aromatic heterocycles. The third-order valence-electron chi connectivity index (χ3n) is 9.68. The zero-order valence-corrected chi connectivity index (χ0v) is 30.8. The summed E-state index contributed by atoms with van der Waals surface area (Å²) >= 11 is 0. The van der Waals surface area contributed by atoms with Crippen LogP contribution in [0.15, 0.2) is 122 Å². The molecule has 8 nitrogen and oxygen atoms in total. The summed E-state index contributed by atoms with van der Waals surface area (Å²) in [5, 5.41) is 0. The van der Waals surface area contributed by atoms with Gasteiger partial charge in [-0.05, 0) is 68.8 Å². The molecule has 0 saturated heterocycles. The normalized spacial score (nSPS) is 11.8. The largest absolute Gasteiger partial charge is 2.00 e. The number of hydrogen-bond donors (Lipinski definition) is 0. The Labute approximate surface area is 318 Å². The van der Waals surface area contributed by atoms with Crippen molar-refractivity contribution in [1.29, 1.82) is 0 Å². The van der Waals surface area contributed by atoms with Crippen LogP contribution in [-0.2, 0) is 45.0 Å². The standard InChI is InChI=1S/C44H36N8.Co/c1-49-21-13-29(14-22-49)41-33-5-7-35(45-33)42(30-15-23-50(2)24-16-30)37-9-11-39(47-37)44(32-19-27-52(4)28-20-32)40-12-10-38(48-40)43(36-8-6-34(41)46-36)31-17-25-51(3)26-18-31;/h5-28H,1-4H3;/q2*+2. The summed E-state index contributed by atoms with van der Waals surface area (Å²) in [6, 6.07) is 25.4. The Bertz CT molecular complexity index is 2370. The number of aromatic nitrogens is 8. The molecule has 1 radical (unpaired) electrons. The van der Waals surface area contributed by atoms with E-state index in [4.69, 9.17) is 19.9 Å². The first-order valence-corrected chi connectivity index (χ1v) is 17.3. The Hall–Kier alpha value is -6.29. The predicted octanol–water partition coefficient (Wildman–Crippen LogP) is 5.88. The van der Waals surface area contributed by atoms with Gasteiger partial charge in [0.1, 0.15) is 28.2 Å². The topological polar surface area (TPSA) is 69.5 Å². The van der Waals surface area contributed by atoms with Gasteiger partial charge in [0.2, 0.25) is 0 Å². The summed E-state index contributed by atoms with van der Waals surface area (Å²) in [5.41, 5.74) is 14.7. The van der Waals surface area contributed by atoms with Gasteiger partial charge in [0.25, 0.3) is 0 Å². The van der Waals surface area contributed by atoms with Crippen molar-refractivity contribution in [3.8, 4) is 44.5 Å². The molecule has 0 aromatic carbocycles. The maximum atomic E-state index is 5.35. The van der Waals surface area contributed by atoms with Gasteiger partial charge in [0, 0.05) is 48.5 Å². The molecule has 9 heteroatoms. The quantitative estimate of drug-likeness (QED) is 0.212. The zero-order chi connectivity index (χ0) is 35.3. The second kappa shape index (κ2) is 13.7. The number of rotatable bonds is 4. The predicted molar refractivity (Wildman–Crippen MR) is 203 cm³/mol. The monoisotopic (exact) mass is 735 g/mol. The number of nitrogens with zero attached hydrogens (tertiary/aromatic N) is 8. The SMILES string of the molecule is C[n+]1ccc(-c2c3nc(c(-c4cc[n+](C)cc4)c4ccc([n-]4)c(-c4cc[n+](C)cc4)c4nc(c(-c5cc[n+](C)cc5)c5ccc2[n-]5)C=C4)C=C3)cc1.[Co+2].